The van der Waals surface area contributed by atoms with Crippen molar-refractivity contribution in [2.45, 2.75) is 16.8 Å². The maximum atomic E-state index is 12.7. The highest BCUT2D eigenvalue weighted by Crippen LogP contribution is 2.35. The summed E-state index contributed by atoms with van der Waals surface area (Å²) in [6, 6.07) is 17.0. The molecule has 0 bridgehead atoms. The quantitative estimate of drug-likeness (QED) is 0.737. The van der Waals surface area contributed by atoms with Gasteiger partial charge in [-0.3, -0.25) is 4.79 Å². The largest absolute Gasteiger partial charge is 0.454 e. The smallest absolute Gasteiger partial charge is 0.258 e. The Morgan fingerprint density at radius 3 is 2.73 bits per heavy atom. The summed E-state index contributed by atoms with van der Waals surface area (Å²) < 4.78 is 10.6. The third kappa shape index (κ3) is 3.50. The molecular weight excluding hydrogens is 348 g/mol. The van der Waals surface area contributed by atoms with Crippen LogP contribution in [-0.2, 0) is 0 Å². The van der Waals surface area contributed by atoms with Crippen LogP contribution in [0.15, 0.2) is 70.7 Å². The number of rotatable bonds is 4. The maximum Gasteiger partial charge on any atom is 0.258 e. The second-order valence-electron chi connectivity index (χ2n) is 5.79. The molecule has 1 aliphatic rings. The Hall–Kier alpha value is -2.99. The van der Waals surface area contributed by atoms with Gasteiger partial charge in [-0.05, 0) is 43.3 Å². The van der Waals surface area contributed by atoms with Gasteiger partial charge in [-0.1, -0.05) is 29.5 Å². The summed E-state index contributed by atoms with van der Waals surface area (Å²) in [6.45, 7) is 2.24. The van der Waals surface area contributed by atoms with Crippen LogP contribution in [0, 0.1) is 6.92 Å². The van der Waals surface area contributed by atoms with Crippen molar-refractivity contribution >= 4 is 23.4 Å². The number of aryl methyl sites for hydroxylation is 1. The molecule has 5 nitrogen and oxygen atoms in total. The van der Waals surface area contributed by atoms with E-state index in [0.29, 0.717) is 27.8 Å². The van der Waals surface area contributed by atoms with E-state index in [1.165, 1.54) is 17.3 Å². The number of hydrogen-bond acceptors (Lipinski definition) is 5. The second-order valence-corrected chi connectivity index (χ2v) is 6.86. The zero-order chi connectivity index (χ0) is 17.9. The molecule has 0 unspecified atom stereocenters. The number of pyridine rings is 1. The Morgan fingerprint density at radius 2 is 1.88 bits per heavy atom. The molecule has 6 heteroatoms. The molecule has 4 rings (SSSR count). The van der Waals surface area contributed by atoms with Gasteiger partial charge in [0, 0.05) is 22.8 Å². The summed E-state index contributed by atoms with van der Waals surface area (Å²) in [6.07, 6.45) is 1.69. The lowest BCUT2D eigenvalue weighted by atomic mass is 10.2. The molecule has 1 aromatic heterocycles. The highest BCUT2D eigenvalue weighted by Gasteiger charge is 2.17. The zero-order valence-corrected chi connectivity index (χ0v) is 14.9. The van der Waals surface area contributed by atoms with Crippen molar-refractivity contribution in [3.05, 3.63) is 71.9 Å². The fraction of sp³-hybridized carbons (Fsp3) is 0.100. The van der Waals surface area contributed by atoms with Gasteiger partial charge in [-0.2, -0.15) is 0 Å². The lowest BCUT2D eigenvalue weighted by Gasteiger charge is -2.10. The maximum absolute atomic E-state index is 12.7. The summed E-state index contributed by atoms with van der Waals surface area (Å²) in [4.78, 5) is 18.2. The van der Waals surface area contributed by atoms with E-state index in [1.807, 2.05) is 31.2 Å². The first-order chi connectivity index (χ1) is 12.7. The Balaban J connectivity index is 1.55. The van der Waals surface area contributed by atoms with Gasteiger partial charge in [-0.15, -0.1) is 0 Å². The number of ether oxygens (including phenoxy) is 2. The van der Waals surface area contributed by atoms with Gasteiger partial charge < -0.3 is 14.8 Å². The number of hydrogen-bond donors (Lipinski definition) is 1. The van der Waals surface area contributed by atoms with E-state index in [9.17, 15) is 4.79 Å². The number of nitrogens with one attached hydrogen (secondary N) is 1. The van der Waals surface area contributed by atoms with Crippen LogP contribution in [-0.4, -0.2) is 17.7 Å². The van der Waals surface area contributed by atoms with Crippen molar-refractivity contribution in [2.75, 3.05) is 12.1 Å². The van der Waals surface area contributed by atoms with Crippen LogP contribution in [0.3, 0.4) is 0 Å². The summed E-state index contributed by atoms with van der Waals surface area (Å²) in [5.41, 5.74) is 2.36. The number of nitrogens with zero attached hydrogens (tertiary/aromatic N) is 1. The van der Waals surface area contributed by atoms with Crippen molar-refractivity contribution in [3.63, 3.8) is 0 Å². The van der Waals surface area contributed by atoms with Crippen molar-refractivity contribution in [1.82, 2.24) is 4.98 Å². The lowest BCUT2D eigenvalue weighted by molar-refractivity contribution is 0.102. The van der Waals surface area contributed by atoms with E-state index in [4.69, 9.17) is 9.47 Å². The Labute approximate surface area is 155 Å². The molecule has 0 fully saturated rings. The minimum atomic E-state index is -0.216. The minimum absolute atomic E-state index is 0.201. The zero-order valence-electron chi connectivity index (χ0n) is 14.1. The molecule has 0 spiro atoms. The molecular formula is C20H16N2O3S. The normalized spacial score (nSPS) is 12.0. The van der Waals surface area contributed by atoms with Crippen LogP contribution in [0.25, 0.3) is 0 Å². The molecule has 0 saturated heterocycles. The van der Waals surface area contributed by atoms with Gasteiger partial charge in [0.05, 0.1) is 5.56 Å². The number of fused-ring (bicyclic) bond motifs is 1. The summed E-state index contributed by atoms with van der Waals surface area (Å²) in [7, 11) is 0. The Kier molecular flexibility index (Phi) is 4.50. The molecule has 130 valence electrons. The molecule has 26 heavy (non-hydrogen) atoms. The number of benzene rings is 2. The standard InChI is InChI=1S/C20H16N2O3S/c1-13-4-7-15(8-5-13)26-20-16(3-2-10-21-20)19(23)22-14-6-9-17-18(11-14)25-12-24-17/h2-11H,12H2,1H3,(H,22,23). The first kappa shape index (κ1) is 16.5. The summed E-state index contributed by atoms with van der Waals surface area (Å²) >= 11 is 1.47. The summed E-state index contributed by atoms with van der Waals surface area (Å²) in [5, 5.41) is 3.56. The number of carbonyl (C=O) groups is 1. The van der Waals surface area contributed by atoms with Gasteiger partial charge in [0.2, 0.25) is 6.79 Å². The molecule has 1 amide bonds. The van der Waals surface area contributed by atoms with Crippen molar-refractivity contribution in [2.24, 2.45) is 0 Å². The topological polar surface area (TPSA) is 60.5 Å². The molecule has 0 saturated carbocycles. The van der Waals surface area contributed by atoms with Gasteiger partial charge in [0.15, 0.2) is 11.5 Å². The second kappa shape index (κ2) is 7.09. The first-order valence-corrected chi connectivity index (χ1v) is 8.91. The van der Waals surface area contributed by atoms with E-state index in [-0.39, 0.29) is 12.7 Å². The summed E-state index contributed by atoms with van der Waals surface area (Å²) in [5.74, 6) is 1.09. The molecule has 3 aromatic rings. The number of anilines is 1. The third-order valence-electron chi connectivity index (χ3n) is 3.88. The molecule has 2 heterocycles. The third-order valence-corrected chi connectivity index (χ3v) is 4.91. The predicted molar refractivity (Wildman–Crippen MR) is 100 cm³/mol. The van der Waals surface area contributed by atoms with E-state index >= 15 is 0 Å². The van der Waals surface area contributed by atoms with Crippen LogP contribution < -0.4 is 14.8 Å². The van der Waals surface area contributed by atoms with E-state index in [2.05, 4.69) is 10.3 Å². The highest BCUT2D eigenvalue weighted by molar-refractivity contribution is 7.99. The number of amides is 1. The molecule has 2 aromatic carbocycles. The van der Waals surface area contributed by atoms with Crippen molar-refractivity contribution in [3.8, 4) is 11.5 Å². The van der Waals surface area contributed by atoms with E-state index in [0.717, 1.165) is 4.90 Å². The number of aromatic nitrogens is 1. The Morgan fingerprint density at radius 1 is 1.08 bits per heavy atom. The van der Waals surface area contributed by atoms with Crippen molar-refractivity contribution in [1.29, 1.82) is 0 Å². The first-order valence-electron chi connectivity index (χ1n) is 8.09. The fourth-order valence-electron chi connectivity index (χ4n) is 2.54. The Bertz CT molecular complexity index is 958. The molecule has 0 aliphatic carbocycles. The SMILES string of the molecule is Cc1ccc(Sc2ncccc2C(=O)Nc2ccc3c(c2)OCO3)cc1. The van der Waals surface area contributed by atoms with Gasteiger partial charge in [0.1, 0.15) is 5.03 Å². The highest BCUT2D eigenvalue weighted by atomic mass is 32.2. The van der Waals surface area contributed by atoms with Crippen LogP contribution in [0.5, 0.6) is 11.5 Å². The molecule has 1 N–H and O–H groups in total. The molecule has 0 atom stereocenters. The molecule has 1 aliphatic heterocycles. The lowest BCUT2D eigenvalue weighted by Crippen LogP contribution is -2.13. The monoisotopic (exact) mass is 364 g/mol. The van der Waals surface area contributed by atoms with Crippen LogP contribution in [0.4, 0.5) is 5.69 Å². The van der Waals surface area contributed by atoms with Gasteiger partial charge >= 0.3 is 0 Å². The minimum Gasteiger partial charge on any atom is -0.454 e. The van der Waals surface area contributed by atoms with Gasteiger partial charge in [0.25, 0.3) is 5.91 Å². The van der Waals surface area contributed by atoms with Crippen LogP contribution in [0.2, 0.25) is 0 Å². The molecule has 0 radical (unpaired) electrons. The average molecular weight is 364 g/mol. The van der Waals surface area contributed by atoms with Crippen LogP contribution in [0.1, 0.15) is 15.9 Å². The average Bonchev–Trinajstić information content (AvgIpc) is 3.12. The fourth-order valence-corrected chi connectivity index (χ4v) is 3.42. The van der Waals surface area contributed by atoms with Crippen molar-refractivity contribution < 1.29 is 14.3 Å². The van der Waals surface area contributed by atoms with Gasteiger partial charge in [-0.25, -0.2) is 4.98 Å². The number of carbonyl (C=O) groups excluding carboxylic acids is 1. The van der Waals surface area contributed by atoms with Crippen LogP contribution >= 0.6 is 11.8 Å². The predicted octanol–water partition coefficient (Wildman–Crippen LogP) is 4.52. The van der Waals surface area contributed by atoms with E-state index < -0.39 is 0 Å². The van der Waals surface area contributed by atoms with E-state index in [1.54, 1.807) is 36.5 Å².